The lowest BCUT2D eigenvalue weighted by atomic mass is 10.1. The summed E-state index contributed by atoms with van der Waals surface area (Å²) < 4.78 is 0. The summed E-state index contributed by atoms with van der Waals surface area (Å²) >= 11 is 0. The number of rotatable bonds is 5. The molecule has 144 valence electrons. The van der Waals surface area contributed by atoms with E-state index in [4.69, 9.17) is 9.97 Å². The molecule has 1 aliphatic heterocycles. The van der Waals surface area contributed by atoms with E-state index in [0.29, 0.717) is 49.2 Å². The molecule has 0 spiro atoms. The fourth-order valence-corrected chi connectivity index (χ4v) is 3.25. The van der Waals surface area contributed by atoms with Crippen molar-refractivity contribution >= 4 is 23.9 Å². The second kappa shape index (κ2) is 8.40. The van der Waals surface area contributed by atoms with Gasteiger partial charge in [-0.3, -0.25) is 4.79 Å². The molecule has 3 aromatic rings. The number of benzene rings is 2. The van der Waals surface area contributed by atoms with Crippen LogP contribution in [0.2, 0.25) is 0 Å². The molecule has 0 atom stereocenters. The first-order valence-corrected chi connectivity index (χ1v) is 9.42. The molecule has 1 saturated heterocycles. The SMILES string of the molecule is N#Cc1ccccc1Nc1cc(-c2ccccc2)nc(N2CCN(C=O)CC2)n1. The van der Waals surface area contributed by atoms with Gasteiger partial charge >= 0.3 is 0 Å². The van der Waals surface area contributed by atoms with Gasteiger partial charge in [-0.05, 0) is 12.1 Å². The zero-order chi connectivity index (χ0) is 20.1. The summed E-state index contributed by atoms with van der Waals surface area (Å²) in [5.74, 6) is 1.23. The molecule has 1 fully saturated rings. The summed E-state index contributed by atoms with van der Waals surface area (Å²) in [6.45, 7) is 2.63. The smallest absolute Gasteiger partial charge is 0.228 e. The van der Waals surface area contributed by atoms with E-state index >= 15 is 0 Å². The fourth-order valence-electron chi connectivity index (χ4n) is 3.25. The van der Waals surface area contributed by atoms with Crippen molar-refractivity contribution in [2.75, 3.05) is 36.4 Å². The number of nitrogens with zero attached hydrogens (tertiary/aromatic N) is 5. The first-order chi connectivity index (χ1) is 14.3. The molecule has 0 radical (unpaired) electrons. The molecular weight excluding hydrogens is 364 g/mol. The number of para-hydroxylation sites is 1. The summed E-state index contributed by atoms with van der Waals surface area (Å²) in [5, 5.41) is 12.6. The predicted octanol–water partition coefficient (Wildman–Crippen LogP) is 3.04. The van der Waals surface area contributed by atoms with Crippen LogP contribution in [0.3, 0.4) is 0 Å². The monoisotopic (exact) mass is 384 g/mol. The third-order valence-corrected chi connectivity index (χ3v) is 4.84. The number of anilines is 3. The van der Waals surface area contributed by atoms with Crippen LogP contribution in [-0.4, -0.2) is 47.5 Å². The number of hydrogen-bond donors (Lipinski definition) is 1. The minimum absolute atomic E-state index is 0.550. The molecule has 7 heteroatoms. The Kier molecular flexibility index (Phi) is 5.34. The first kappa shape index (κ1) is 18.4. The minimum Gasteiger partial charge on any atom is -0.342 e. The van der Waals surface area contributed by atoms with E-state index in [1.54, 1.807) is 11.0 Å². The predicted molar refractivity (Wildman–Crippen MR) is 112 cm³/mol. The van der Waals surface area contributed by atoms with E-state index < -0.39 is 0 Å². The first-order valence-electron chi connectivity index (χ1n) is 9.42. The Bertz CT molecular complexity index is 1040. The highest BCUT2D eigenvalue weighted by Crippen LogP contribution is 2.26. The molecule has 29 heavy (non-hydrogen) atoms. The van der Waals surface area contributed by atoms with Crippen molar-refractivity contribution in [2.24, 2.45) is 0 Å². The Hall–Kier alpha value is -3.92. The van der Waals surface area contributed by atoms with Crippen LogP contribution in [0.25, 0.3) is 11.3 Å². The zero-order valence-electron chi connectivity index (χ0n) is 15.8. The van der Waals surface area contributed by atoms with E-state index in [9.17, 15) is 10.1 Å². The van der Waals surface area contributed by atoms with Gasteiger partial charge in [-0.1, -0.05) is 42.5 Å². The second-order valence-corrected chi connectivity index (χ2v) is 6.72. The highest BCUT2D eigenvalue weighted by atomic mass is 16.1. The number of carbonyl (C=O) groups is 1. The van der Waals surface area contributed by atoms with Crippen LogP contribution in [0.1, 0.15) is 5.56 Å². The number of amides is 1. The lowest BCUT2D eigenvalue weighted by molar-refractivity contribution is -0.118. The van der Waals surface area contributed by atoms with Gasteiger partial charge in [-0.25, -0.2) is 4.98 Å². The van der Waals surface area contributed by atoms with E-state index in [-0.39, 0.29) is 0 Å². The van der Waals surface area contributed by atoms with Crippen LogP contribution in [0.5, 0.6) is 0 Å². The summed E-state index contributed by atoms with van der Waals surface area (Å²) in [6.07, 6.45) is 0.879. The number of piperazine rings is 1. The molecule has 2 aromatic carbocycles. The summed E-state index contributed by atoms with van der Waals surface area (Å²) in [4.78, 5) is 24.3. The molecule has 1 amide bonds. The number of nitriles is 1. The molecule has 1 aromatic heterocycles. The maximum absolute atomic E-state index is 11.0. The van der Waals surface area contributed by atoms with Crippen LogP contribution in [0.4, 0.5) is 17.5 Å². The molecule has 0 bridgehead atoms. The topological polar surface area (TPSA) is 85.2 Å². The molecule has 0 saturated carbocycles. The van der Waals surface area contributed by atoms with Gasteiger partial charge in [0, 0.05) is 37.8 Å². The van der Waals surface area contributed by atoms with Crippen molar-refractivity contribution in [1.29, 1.82) is 5.26 Å². The normalized spacial score (nSPS) is 13.6. The number of hydrogen-bond acceptors (Lipinski definition) is 6. The molecule has 7 nitrogen and oxygen atoms in total. The Morgan fingerprint density at radius 2 is 1.69 bits per heavy atom. The Morgan fingerprint density at radius 1 is 0.966 bits per heavy atom. The van der Waals surface area contributed by atoms with E-state index in [1.165, 1.54) is 0 Å². The average Bonchev–Trinajstić information content (AvgIpc) is 2.80. The Balaban J connectivity index is 1.71. The van der Waals surface area contributed by atoms with Gasteiger partial charge < -0.3 is 15.1 Å². The highest BCUT2D eigenvalue weighted by molar-refractivity contribution is 5.70. The van der Waals surface area contributed by atoms with Gasteiger partial charge in [0.1, 0.15) is 11.9 Å². The van der Waals surface area contributed by atoms with Gasteiger partial charge in [0.2, 0.25) is 12.4 Å². The molecule has 1 aliphatic rings. The Labute approximate surface area is 169 Å². The van der Waals surface area contributed by atoms with Gasteiger partial charge in [-0.2, -0.15) is 10.2 Å². The number of nitrogens with one attached hydrogen (secondary N) is 1. The van der Waals surface area contributed by atoms with Crippen LogP contribution in [0.15, 0.2) is 60.7 Å². The molecule has 4 rings (SSSR count). The molecule has 2 heterocycles. The molecular formula is C22H20N6O. The lowest BCUT2D eigenvalue weighted by Crippen LogP contribution is -2.46. The third kappa shape index (κ3) is 4.17. The third-order valence-electron chi connectivity index (χ3n) is 4.84. The van der Waals surface area contributed by atoms with Gasteiger partial charge in [-0.15, -0.1) is 0 Å². The zero-order valence-corrected chi connectivity index (χ0v) is 15.8. The molecule has 0 unspecified atom stereocenters. The van der Waals surface area contributed by atoms with Crippen molar-refractivity contribution in [3.05, 3.63) is 66.2 Å². The van der Waals surface area contributed by atoms with Crippen molar-refractivity contribution in [3.63, 3.8) is 0 Å². The average molecular weight is 384 g/mol. The fraction of sp³-hybridized carbons (Fsp3) is 0.182. The Morgan fingerprint density at radius 3 is 2.41 bits per heavy atom. The number of aromatic nitrogens is 2. The standard InChI is InChI=1S/C22H20N6O/c23-15-18-8-4-5-9-19(18)24-21-14-20(17-6-2-1-3-7-17)25-22(26-21)28-12-10-27(16-29)11-13-28/h1-9,14,16H,10-13H2,(H,24,25,26). The second-order valence-electron chi connectivity index (χ2n) is 6.72. The maximum atomic E-state index is 11.0. The van der Waals surface area contributed by atoms with Crippen LogP contribution in [0, 0.1) is 11.3 Å². The van der Waals surface area contributed by atoms with Crippen molar-refractivity contribution in [2.45, 2.75) is 0 Å². The quantitative estimate of drug-likeness (QED) is 0.681. The summed E-state index contributed by atoms with van der Waals surface area (Å²) in [7, 11) is 0. The van der Waals surface area contributed by atoms with Crippen LogP contribution < -0.4 is 10.2 Å². The maximum Gasteiger partial charge on any atom is 0.228 e. The summed E-state index contributed by atoms with van der Waals surface area (Å²) in [6, 6.07) is 21.3. The van der Waals surface area contributed by atoms with Gasteiger partial charge in [0.05, 0.1) is 16.9 Å². The van der Waals surface area contributed by atoms with Gasteiger partial charge in [0.15, 0.2) is 0 Å². The van der Waals surface area contributed by atoms with Gasteiger partial charge in [0.25, 0.3) is 0 Å². The largest absolute Gasteiger partial charge is 0.342 e. The lowest BCUT2D eigenvalue weighted by Gasteiger charge is -2.32. The van der Waals surface area contributed by atoms with E-state index in [2.05, 4.69) is 16.3 Å². The highest BCUT2D eigenvalue weighted by Gasteiger charge is 2.19. The molecule has 1 N–H and O–H groups in total. The van der Waals surface area contributed by atoms with Crippen LogP contribution >= 0.6 is 0 Å². The van der Waals surface area contributed by atoms with Crippen molar-refractivity contribution in [3.8, 4) is 17.3 Å². The van der Waals surface area contributed by atoms with Crippen molar-refractivity contribution < 1.29 is 4.79 Å². The number of carbonyl (C=O) groups excluding carboxylic acids is 1. The summed E-state index contributed by atoms with van der Waals surface area (Å²) in [5.41, 5.74) is 3.03. The van der Waals surface area contributed by atoms with Crippen molar-refractivity contribution in [1.82, 2.24) is 14.9 Å². The van der Waals surface area contributed by atoms with Crippen LogP contribution in [-0.2, 0) is 4.79 Å². The van der Waals surface area contributed by atoms with E-state index in [1.807, 2.05) is 54.6 Å². The minimum atomic E-state index is 0.550. The molecule has 0 aliphatic carbocycles. The van der Waals surface area contributed by atoms with E-state index in [0.717, 1.165) is 17.7 Å².